The Labute approximate surface area is 134 Å². The number of nitrogens with one attached hydrogen (secondary N) is 1. The minimum atomic E-state index is -4.47. The van der Waals surface area contributed by atoms with Crippen molar-refractivity contribution in [1.82, 2.24) is 15.0 Å². The number of hydrogen-bond donors (Lipinski definition) is 1. The lowest BCUT2D eigenvalue weighted by Gasteiger charge is -2.19. The van der Waals surface area contributed by atoms with Crippen molar-refractivity contribution in [3.8, 4) is 0 Å². The lowest BCUT2D eigenvalue weighted by Crippen LogP contribution is -2.19. The van der Waals surface area contributed by atoms with Gasteiger partial charge in [-0.2, -0.15) is 13.2 Å². The SMILES string of the molecule is CN(Cc1nc2ccccc2[nH]1)c1ncc(C(F)(F)F)cc1Cl. The standard InChI is InChI=1S/C15H12ClF3N4/c1-23(8-13-21-11-4-2-3-5-12(11)22-13)14-10(16)6-9(7-20-14)15(17,18)19/h2-7H,8H2,1H3,(H,21,22). The molecule has 1 N–H and O–H groups in total. The number of H-pyrrole nitrogens is 1. The second-order valence-electron chi connectivity index (χ2n) is 5.08. The minimum absolute atomic E-state index is 0.0570. The zero-order valence-electron chi connectivity index (χ0n) is 12.0. The number of rotatable bonds is 3. The topological polar surface area (TPSA) is 44.8 Å². The molecule has 0 atom stereocenters. The van der Waals surface area contributed by atoms with Gasteiger partial charge in [-0.25, -0.2) is 9.97 Å². The van der Waals surface area contributed by atoms with Crippen LogP contribution in [0.3, 0.4) is 0 Å². The monoisotopic (exact) mass is 340 g/mol. The number of halogens is 4. The lowest BCUT2D eigenvalue weighted by molar-refractivity contribution is -0.137. The molecule has 4 nitrogen and oxygen atoms in total. The van der Waals surface area contributed by atoms with Gasteiger partial charge in [0.15, 0.2) is 0 Å². The van der Waals surface area contributed by atoms with Crippen molar-refractivity contribution in [3.05, 3.63) is 52.9 Å². The minimum Gasteiger partial charge on any atom is -0.351 e. The Morgan fingerprint density at radius 3 is 2.65 bits per heavy atom. The van der Waals surface area contributed by atoms with Crippen molar-refractivity contribution < 1.29 is 13.2 Å². The van der Waals surface area contributed by atoms with Gasteiger partial charge < -0.3 is 9.88 Å². The molecule has 0 saturated heterocycles. The summed E-state index contributed by atoms with van der Waals surface area (Å²) in [5, 5.41) is -0.0570. The van der Waals surface area contributed by atoms with Crippen molar-refractivity contribution >= 4 is 28.5 Å². The van der Waals surface area contributed by atoms with E-state index in [9.17, 15) is 13.2 Å². The predicted molar refractivity (Wildman–Crippen MR) is 82.4 cm³/mol. The molecule has 0 aliphatic carbocycles. The van der Waals surface area contributed by atoms with Gasteiger partial charge in [0.1, 0.15) is 11.6 Å². The van der Waals surface area contributed by atoms with Crippen LogP contribution in [0, 0.1) is 0 Å². The van der Waals surface area contributed by atoms with Crippen LogP contribution in [0.4, 0.5) is 19.0 Å². The third-order valence-electron chi connectivity index (χ3n) is 3.34. The van der Waals surface area contributed by atoms with Gasteiger partial charge in [0.25, 0.3) is 0 Å². The zero-order chi connectivity index (χ0) is 16.6. The van der Waals surface area contributed by atoms with Crippen molar-refractivity contribution in [3.63, 3.8) is 0 Å². The number of fused-ring (bicyclic) bond motifs is 1. The van der Waals surface area contributed by atoms with E-state index in [1.165, 1.54) is 0 Å². The molecule has 0 saturated carbocycles. The molecule has 0 aliphatic rings. The first-order chi connectivity index (χ1) is 10.8. The van der Waals surface area contributed by atoms with Crippen molar-refractivity contribution in [1.29, 1.82) is 0 Å². The van der Waals surface area contributed by atoms with Gasteiger partial charge in [-0.15, -0.1) is 0 Å². The molecule has 3 aromatic rings. The molecule has 3 rings (SSSR count). The van der Waals surface area contributed by atoms with Gasteiger partial charge in [-0.05, 0) is 18.2 Å². The van der Waals surface area contributed by atoms with Crippen LogP contribution in [0.2, 0.25) is 5.02 Å². The highest BCUT2D eigenvalue weighted by molar-refractivity contribution is 6.33. The molecule has 23 heavy (non-hydrogen) atoms. The normalized spacial score (nSPS) is 11.9. The Balaban J connectivity index is 1.84. The summed E-state index contributed by atoms with van der Waals surface area (Å²) < 4.78 is 37.9. The maximum Gasteiger partial charge on any atom is 0.417 e. The number of alkyl halides is 3. The van der Waals surface area contributed by atoms with E-state index in [1.807, 2.05) is 24.3 Å². The first-order valence-corrected chi connectivity index (χ1v) is 7.10. The molecule has 0 spiro atoms. The number of para-hydroxylation sites is 2. The van der Waals surface area contributed by atoms with Crippen LogP contribution in [0.15, 0.2) is 36.5 Å². The number of imidazole rings is 1. The van der Waals surface area contributed by atoms with Crippen molar-refractivity contribution in [2.24, 2.45) is 0 Å². The van der Waals surface area contributed by atoms with Crippen molar-refractivity contribution in [2.45, 2.75) is 12.7 Å². The molecule has 0 unspecified atom stereocenters. The Bertz CT molecular complexity index is 811. The quantitative estimate of drug-likeness (QED) is 0.774. The van der Waals surface area contributed by atoms with Crippen LogP contribution < -0.4 is 4.90 Å². The molecular formula is C15H12ClF3N4. The molecule has 0 bridgehead atoms. The summed E-state index contributed by atoms with van der Waals surface area (Å²) in [7, 11) is 1.69. The molecule has 0 fully saturated rings. The van der Waals surface area contributed by atoms with Gasteiger partial charge in [0.05, 0.1) is 28.2 Å². The van der Waals surface area contributed by atoms with E-state index in [-0.39, 0.29) is 10.8 Å². The highest BCUT2D eigenvalue weighted by Crippen LogP contribution is 2.33. The van der Waals surface area contributed by atoms with Crippen LogP contribution >= 0.6 is 11.6 Å². The van der Waals surface area contributed by atoms with Gasteiger partial charge in [0.2, 0.25) is 0 Å². The zero-order valence-corrected chi connectivity index (χ0v) is 12.8. The van der Waals surface area contributed by atoms with Crippen LogP contribution in [-0.4, -0.2) is 22.0 Å². The Hall–Kier alpha value is -2.28. The van der Waals surface area contributed by atoms with E-state index in [2.05, 4.69) is 15.0 Å². The number of benzene rings is 1. The molecule has 0 aliphatic heterocycles. The second kappa shape index (κ2) is 5.73. The van der Waals surface area contributed by atoms with E-state index >= 15 is 0 Å². The summed E-state index contributed by atoms with van der Waals surface area (Å²) in [5.41, 5.74) is 0.841. The molecule has 2 aromatic heterocycles. The third kappa shape index (κ3) is 3.24. The summed E-state index contributed by atoms with van der Waals surface area (Å²) in [6, 6.07) is 8.42. The van der Waals surface area contributed by atoms with Crippen LogP contribution in [0.5, 0.6) is 0 Å². The van der Waals surface area contributed by atoms with Gasteiger partial charge >= 0.3 is 6.18 Å². The molecule has 8 heteroatoms. The van der Waals surface area contributed by atoms with Crippen LogP contribution in [0.25, 0.3) is 11.0 Å². The third-order valence-corrected chi connectivity index (χ3v) is 3.61. The molecule has 2 heterocycles. The van der Waals surface area contributed by atoms with E-state index in [0.717, 1.165) is 23.3 Å². The fourth-order valence-electron chi connectivity index (χ4n) is 2.25. The summed E-state index contributed by atoms with van der Waals surface area (Å²) in [6.07, 6.45) is -3.69. The van der Waals surface area contributed by atoms with E-state index < -0.39 is 11.7 Å². The fraction of sp³-hybridized carbons (Fsp3) is 0.200. The first-order valence-electron chi connectivity index (χ1n) is 6.72. The Morgan fingerprint density at radius 2 is 2.00 bits per heavy atom. The average molecular weight is 341 g/mol. The number of nitrogens with zero attached hydrogens (tertiary/aromatic N) is 3. The number of hydrogen-bond acceptors (Lipinski definition) is 3. The summed E-state index contributed by atoms with van der Waals surface area (Å²) in [6.45, 7) is 0.340. The molecular weight excluding hydrogens is 329 g/mol. The Morgan fingerprint density at radius 1 is 1.26 bits per heavy atom. The molecule has 0 amide bonds. The second-order valence-corrected chi connectivity index (χ2v) is 5.49. The van der Waals surface area contributed by atoms with E-state index in [4.69, 9.17) is 11.6 Å². The van der Waals surface area contributed by atoms with Crippen LogP contribution in [-0.2, 0) is 12.7 Å². The lowest BCUT2D eigenvalue weighted by atomic mass is 10.2. The maximum atomic E-state index is 12.6. The smallest absolute Gasteiger partial charge is 0.351 e. The van der Waals surface area contributed by atoms with Crippen molar-refractivity contribution in [2.75, 3.05) is 11.9 Å². The van der Waals surface area contributed by atoms with E-state index in [1.54, 1.807) is 11.9 Å². The molecule has 120 valence electrons. The highest BCUT2D eigenvalue weighted by Gasteiger charge is 2.31. The summed E-state index contributed by atoms with van der Waals surface area (Å²) >= 11 is 5.94. The summed E-state index contributed by atoms with van der Waals surface area (Å²) in [5.74, 6) is 0.937. The maximum absolute atomic E-state index is 12.6. The average Bonchev–Trinajstić information content (AvgIpc) is 2.88. The number of aromatic amines is 1. The predicted octanol–water partition coefficient (Wildman–Crippen LogP) is 4.27. The number of anilines is 1. The van der Waals surface area contributed by atoms with Gasteiger partial charge in [-0.3, -0.25) is 0 Å². The first kappa shape index (κ1) is 15.6. The van der Waals surface area contributed by atoms with E-state index in [0.29, 0.717) is 12.4 Å². The Kier molecular flexibility index (Phi) is 3.89. The van der Waals surface area contributed by atoms with Gasteiger partial charge in [0, 0.05) is 13.2 Å². The number of aromatic nitrogens is 3. The van der Waals surface area contributed by atoms with Gasteiger partial charge in [-0.1, -0.05) is 23.7 Å². The van der Waals surface area contributed by atoms with Crippen LogP contribution in [0.1, 0.15) is 11.4 Å². The fourth-order valence-corrected chi connectivity index (χ4v) is 2.56. The largest absolute Gasteiger partial charge is 0.417 e. The highest BCUT2D eigenvalue weighted by atomic mass is 35.5. The number of pyridine rings is 1. The molecule has 1 aromatic carbocycles. The summed E-state index contributed by atoms with van der Waals surface area (Å²) in [4.78, 5) is 13.0. The molecule has 0 radical (unpaired) electrons.